The van der Waals surface area contributed by atoms with Crippen molar-refractivity contribution in [1.82, 2.24) is 9.80 Å². The molecule has 0 radical (unpaired) electrons. The zero-order chi connectivity index (χ0) is 34.2. The maximum absolute atomic E-state index is 13.4. The minimum absolute atomic E-state index is 0.0172. The molecule has 10 nitrogen and oxygen atoms in total. The third kappa shape index (κ3) is 10.7. The van der Waals surface area contributed by atoms with E-state index in [9.17, 15) is 24.9 Å². The van der Waals surface area contributed by atoms with Gasteiger partial charge in [0.1, 0.15) is 11.9 Å². The van der Waals surface area contributed by atoms with Gasteiger partial charge >= 0.3 is 6.09 Å². The number of hydrogen-bond acceptors (Lipinski definition) is 9. The van der Waals surface area contributed by atoms with Crippen LogP contribution in [0.5, 0.6) is 0 Å². The van der Waals surface area contributed by atoms with Gasteiger partial charge in [-0.2, -0.15) is 0 Å². The van der Waals surface area contributed by atoms with E-state index in [4.69, 9.17) is 14.2 Å². The largest absolute Gasteiger partial charge is 0.439 e. The summed E-state index contributed by atoms with van der Waals surface area (Å²) in [5.74, 6) is 0.166. The zero-order valence-electron chi connectivity index (χ0n) is 29.3. The minimum Gasteiger partial charge on any atom is -0.439 e. The van der Waals surface area contributed by atoms with E-state index in [-0.39, 0.29) is 42.6 Å². The van der Waals surface area contributed by atoms with E-state index in [2.05, 4.69) is 18.9 Å². The number of likely N-dealkylation sites (N-methyl/N-ethyl adjacent to an activating group) is 1. The third-order valence-corrected chi connectivity index (χ3v) is 10.3. The van der Waals surface area contributed by atoms with Gasteiger partial charge in [0, 0.05) is 51.0 Å². The third-order valence-electron chi connectivity index (χ3n) is 10.3. The molecular formula is C36H60N2O8. The number of ether oxygens (including phenoxy) is 3. The number of carbonyl (C=O) groups excluding carboxylic acids is 2. The number of epoxide rings is 1. The number of aliphatic hydroxyl groups is 3. The topological polar surface area (TPSA) is 132 Å². The molecule has 2 bridgehead atoms. The lowest BCUT2D eigenvalue weighted by molar-refractivity contribution is -0.110. The van der Waals surface area contributed by atoms with Crippen LogP contribution in [-0.2, 0) is 19.0 Å². The Morgan fingerprint density at radius 2 is 1.87 bits per heavy atom. The Balaban J connectivity index is 1.61. The van der Waals surface area contributed by atoms with Gasteiger partial charge in [0.2, 0.25) is 0 Å². The van der Waals surface area contributed by atoms with Crippen LogP contribution < -0.4 is 0 Å². The number of allylic oxidation sites excluding steroid dienone is 4. The van der Waals surface area contributed by atoms with Gasteiger partial charge in [-0.25, -0.2) is 4.79 Å². The van der Waals surface area contributed by atoms with Gasteiger partial charge in [-0.15, -0.1) is 0 Å². The molecule has 0 saturated carbocycles. The van der Waals surface area contributed by atoms with Gasteiger partial charge in [-0.1, -0.05) is 50.6 Å². The van der Waals surface area contributed by atoms with Crippen molar-refractivity contribution >= 4 is 12.4 Å². The van der Waals surface area contributed by atoms with Crippen molar-refractivity contribution in [3.63, 3.8) is 0 Å². The Labute approximate surface area is 276 Å². The predicted molar refractivity (Wildman–Crippen MR) is 178 cm³/mol. The van der Waals surface area contributed by atoms with E-state index >= 15 is 0 Å². The van der Waals surface area contributed by atoms with Gasteiger partial charge in [-0.05, 0) is 71.9 Å². The van der Waals surface area contributed by atoms with E-state index in [1.165, 1.54) is 0 Å². The monoisotopic (exact) mass is 648 g/mol. The quantitative estimate of drug-likeness (QED) is 0.0806. The van der Waals surface area contributed by atoms with Crippen LogP contribution in [0.25, 0.3) is 0 Å². The van der Waals surface area contributed by atoms with Gasteiger partial charge in [0.15, 0.2) is 6.10 Å². The Bertz CT molecular complexity index is 1090. The fourth-order valence-corrected chi connectivity index (χ4v) is 6.88. The van der Waals surface area contributed by atoms with Gasteiger partial charge in [0.05, 0.1) is 30.0 Å². The summed E-state index contributed by atoms with van der Waals surface area (Å²) in [5.41, 5.74) is -0.799. The lowest BCUT2D eigenvalue weighted by Crippen LogP contribution is -2.51. The molecule has 10 heteroatoms. The number of amides is 1. The first-order chi connectivity index (χ1) is 21.6. The number of aldehydes is 1. The molecule has 46 heavy (non-hydrogen) atoms. The summed E-state index contributed by atoms with van der Waals surface area (Å²) in [6.45, 7) is 13.2. The summed E-state index contributed by atoms with van der Waals surface area (Å²) in [4.78, 5) is 28.4. The molecule has 0 aromatic rings. The first-order valence-corrected chi connectivity index (χ1v) is 17.1. The Hall–Kier alpha value is -2.08. The molecule has 3 saturated heterocycles. The maximum Gasteiger partial charge on any atom is 0.410 e. The normalized spacial score (nSPS) is 29.4. The molecule has 0 aliphatic carbocycles. The second-order valence-electron chi connectivity index (χ2n) is 14.5. The van der Waals surface area contributed by atoms with Crippen LogP contribution in [0.2, 0.25) is 0 Å². The number of piperazine rings is 1. The average Bonchev–Trinajstić information content (AvgIpc) is 3.46. The molecule has 0 spiro atoms. The van der Waals surface area contributed by atoms with E-state index in [0.717, 1.165) is 25.0 Å². The number of hydrogen-bond donors (Lipinski definition) is 3. The van der Waals surface area contributed by atoms with Gasteiger partial charge < -0.3 is 39.2 Å². The Kier molecular flexibility index (Phi) is 14.0. The molecule has 3 rings (SSSR count). The molecule has 0 aromatic heterocycles. The van der Waals surface area contributed by atoms with Crippen LogP contribution in [0.4, 0.5) is 4.79 Å². The van der Waals surface area contributed by atoms with Crippen LogP contribution in [0.15, 0.2) is 36.0 Å². The van der Waals surface area contributed by atoms with E-state index < -0.39 is 29.5 Å². The van der Waals surface area contributed by atoms with E-state index in [1.807, 2.05) is 56.9 Å². The van der Waals surface area contributed by atoms with E-state index in [0.29, 0.717) is 44.6 Å². The SMILES string of the molecule is CCC(O)C(C)C1OC1CC(C)(O)/C=C/C=C(\C)CC(C)/C=C/C(OC(=O)N1C[C@@H]2C[C@H]1CN2C)C(C)(CCC(O)CC=O)OC. The minimum atomic E-state index is -1.02. The summed E-state index contributed by atoms with van der Waals surface area (Å²) in [6, 6.07) is 0.500. The molecule has 11 atom stereocenters. The molecule has 3 aliphatic heterocycles. The molecule has 1 amide bonds. The smallest absolute Gasteiger partial charge is 0.410 e. The van der Waals surface area contributed by atoms with Crippen molar-refractivity contribution in [3.8, 4) is 0 Å². The fraction of sp³-hybridized carbons (Fsp3) is 0.778. The highest BCUT2D eigenvalue weighted by atomic mass is 16.6. The van der Waals surface area contributed by atoms with E-state index in [1.54, 1.807) is 20.1 Å². The van der Waals surface area contributed by atoms with Crippen molar-refractivity contribution in [3.05, 3.63) is 36.0 Å². The summed E-state index contributed by atoms with van der Waals surface area (Å²) in [6.07, 6.45) is 11.7. The summed E-state index contributed by atoms with van der Waals surface area (Å²) >= 11 is 0. The van der Waals surface area contributed by atoms with Gasteiger partial charge in [-0.3, -0.25) is 4.90 Å². The van der Waals surface area contributed by atoms with Crippen molar-refractivity contribution in [2.24, 2.45) is 11.8 Å². The second kappa shape index (κ2) is 16.8. The molecule has 3 N–H and O–H groups in total. The first kappa shape index (κ1) is 38.4. The number of methoxy groups -OCH3 is 1. The average molecular weight is 649 g/mol. The van der Waals surface area contributed by atoms with Crippen molar-refractivity contribution in [2.45, 2.75) is 140 Å². The number of likely N-dealkylation sites (tertiary alicyclic amines) is 2. The van der Waals surface area contributed by atoms with Crippen LogP contribution >= 0.6 is 0 Å². The van der Waals surface area contributed by atoms with Crippen molar-refractivity contribution in [2.75, 3.05) is 27.2 Å². The molecule has 0 aromatic carbocycles. The predicted octanol–water partition coefficient (Wildman–Crippen LogP) is 4.42. The molecule has 9 unspecified atom stereocenters. The Morgan fingerprint density at radius 1 is 1.15 bits per heavy atom. The lowest BCUT2D eigenvalue weighted by atomic mass is 9.89. The standard InChI is InChI=1S/C36H60N2O8/c1-9-30(41)26(4)33-31(45-33)21-35(5,43)16-10-11-24(2)19-25(3)12-13-32(36(6,44-8)17-14-29(40)15-18-39)46-34(42)38-23-27-20-28(38)22-37(27)7/h10-13,16,18,25-33,40-41,43H,9,14-15,17,19-23H2,1-8H3/b13-12+,16-10+,24-11+/t25?,26?,27-,28-,29?,30?,31?,32?,33?,35?,36?/m0/s1. The van der Waals surface area contributed by atoms with Crippen LogP contribution in [0, 0.1) is 11.8 Å². The molecule has 3 heterocycles. The molecule has 262 valence electrons. The zero-order valence-corrected chi connectivity index (χ0v) is 29.3. The van der Waals surface area contributed by atoms with Crippen LogP contribution in [-0.4, -0.2) is 119 Å². The number of carbonyl (C=O) groups is 2. The number of rotatable bonds is 19. The second-order valence-corrected chi connectivity index (χ2v) is 14.5. The molecule has 3 fully saturated rings. The molecule has 3 aliphatic rings. The number of nitrogens with zero attached hydrogens (tertiary/aromatic N) is 2. The highest BCUT2D eigenvalue weighted by molar-refractivity contribution is 5.69. The van der Waals surface area contributed by atoms with Crippen LogP contribution in [0.1, 0.15) is 86.5 Å². The fourth-order valence-electron chi connectivity index (χ4n) is 6.88. The Morgan fingerprint density at radius 3 is 2.46 bits per heavy atom. The van der Waals surface area contributed by atoms with Gasteiger partial charge in [0.25, 0.3) is 0 Å². The van der Waals surface area contributed by atoms with Crippen molar-refractivity contribution in [1.29, 1.82) is 0 Å². The molecular weight excluding hydrogens is 588 g/mol. The summed E-state index contributed by atoms with van der Waals surface area (Å²) in [7, 11) is 3.66. The number of fused-ring (bicyclic) bond motifs is 2. The highest BCUT2D eigenvalue weighted by Crippen LogP contribution is 2.38. The first-order valence-electron chi connectivity index (χ1n) is 17.1. The summed E-state index contributed by atoms with van der Waals surface area (Å²) in [5, 5.41) is 31.2. The van der Waals surface area contributed by atoms with Crippen molar-refractivity contribution < 1.29 is 39.1 Å². The highest BCUT2D eigenvalue weighted by Gasteiger charge is 2.48. The maximum atomic E-state index is 13.4. The summed E-state index contributed by atoms with van der Waals surface area (Å²) < 4.78 is 17.8. The number of aliphatic hydroxyl groups excluding tert-OH is 2. The lowest BCUT2D eigenvalue weighted by Gasteiger charge is -2.37. The van der Waals surface area contributed by atoms with Crippen LogP contribution in [0.3, 0.4) is 0 Å².